The number of nitrogens with zero attached hydrogens (tertiary/aromatic N) is 2. The summed E-state index contributed by atoms with van der Waals surface area (Å²) in [6.45, 7) is 4.19. The molecule has 7 heteroatoms. The summed E-state index contributed by atoms with van der Waals surface area (Å²) in [7, 11) is 0. The van der Waals surface area contributed by atoms with Crippen LogP contribution in [-0.2, 0) is 11.3 Å². The second kappa shape index (κ2) is 7.92. The molecule has 6 nitrogen and oxygen atoms in total. The minimum absolute atomic E-state index is 0.0596. The summed E-state index contributed by atoms with van der Waals surface area (Å²) >= 11 is 0. The Hall–Kier alpha value is -3.03. The van der Waals surface area contributed by atoms with E-state index in [1.165, 1.54) is 29.8 Å². The van der Waals surface area contributed by atoms with Crippen LogP contribution >= 0.6 is 0 Å². The van der Waals surface area contributed by atoms with E-state index < -0.39 is 12.0 Å². The third kappa shape index (κ3) is 4.11. The van der Waals surface area contributed by atoms with Crippen LogP contribution in [-0.4, -0.2) is 47.4 Å². The van der Waals surface area contributed by atoms with Crippen LogP contribution in [0.5, 0.6) is 5.75 Å². The zero-order chi connectivity index (χ0) is 19.5. The average molecular weight is 382 g/mol. The summed E-state index contributed by atoms with van der Waals surface area (Å²) in [6, 6.07) is 13.5. The molecular weight excluding hydrogens is 363 g/mol. The Bertz CT molecular complexity index is 1000. The molecule has 0 amide bonds. The SMILES string of the molecule is O=C(O)Oc1cc(-c2ccc(CN3CCOCC3)cc2)nc2ccc(F)cc12. The average Bonchev–Trinajstić information content (AvgIpc) is 2.69. The molecule has 144 valence electrons. The molecule has 1 saturated heterocycles. The van der Waals surface area contributed by atoms with Gasteiger partial charge in [-0.3, -0.25) is 4.90 Å². The predicted molar refractivity (Wildman–Crippen MR) is 102 cm³/mol. The van der Waals surface area contributed by atoms with Crippen molar-refractivity contribution >= 4 is 17.1 Å². The monoisotopic (exact) mass is 382 g/mol. The van der Waals surface area contributed by atoms with Crippen molar-refractivity contribution in [1.82, 2.24) is 9.88 Å². The van der Waals surface area contributed by atoms with Gasteiger partial charge in [0.1, 0.15) is 11.6 Å². The Morgan fingerprint density at radius 2 is 1.89 bits per heavy atom. The normalized spacial score (nSPS) is 14.9. The van der Waals surface area contributed by atoms with Gasteiger partial charge in [0.2, 0.25) is 0 Å². The lowest BCUT2D eigenvalue weighted by molar-refractivity contribution is 0.0342. The lowest BCUT2D eigenvalue weighted by atomic mass is 10.1. The minimum Gasteiger partial charge on any atom is -0.449 e. The Kier molecular flexibility index (Phi) is 5.18. The molecule has 0 saturated carbocycles. The van der Waals surface area contributed by atoms with Crippen LogP contribution in [0.4, 0.5) is 9.18 Å². The van der Waals surface area contributed by atoms with Crippen LogP contribution in [0.1, 0.15) is 5.56 Å². The zero-order valence-electron chi connectivity index (χ0n) is 15.1. The maximum Gasteiger partial charge on any atom is 0.511 e. The number of pyridine rings is 1. The molecule has 0 unspecified atom stereocenters. The molecule has 1 fully saturated rings. The number of benzene rings is 2. The minimum atomic E-state index is -1.46. The highest BCUT2D eigenvalue weighted by molar-refractivity contribution is 5.89. The van der Waals surface area contributed by atoms with Crippen molar-refractivity contribution in [3.63, 3.8) is 0 Å². The van der Waals surface area contributed by atoms with Gasteiger partial charge >= 0.3 is 6.16 Å². The van der Waals surface area contributed by atoms with Crippen LogP contribution in [0.2, 0.25) is 0 Å². The molecule has 0 aliphatic carbocycles. The summed E-state index contributed by atoms with van der Waals surface area (Å²) in [4.78, 5) is 17.9. The standard InChI is InChI=1S/C21H19FN2O4/c22-16-5-6-18-17(11-16)20(28-21(25)26)12-19(23-18)15-3-1-14(2-4-15)13-24-7-9-27-10-8-24/h1-6,11-12H,7-10,13H2,(H,25,26). The Balaban J connectivity index is 1.64. The zero-order valence-corrected chi connectivity index (χ0v) is 15.1. The van der Waals surface area contributed by atoms with Gasteiger partial charge in [0.05, 0.1) is 24.4 Å². The van der Waals surface area contributed by atoms with Gasteiger partial charge in [-0.1, -0.05) is 24.3 Å². The van der Waals surface area contributed by atoms with Crippen molar-refractivity contribution in [2.45, 2.75) is 6.54 Å². The van der Waals surface area contributed by atoms with Crippen LogP contribution < -0.4 is 4.74 Å². The van der Waals surface area contributed by atoms with E-state index in [4.69, 9.17) is 14.6 Å². The summed E-state index contributed by atoms with van der Waals surface area (Å²) < 4.78 is 23.8. The highest BCUT2D eigenvalue weighted by Gasteiger charge is 2.14. The van der Waals surface area contributed by atoms with Crippen molar-refractivity contribution < 1.29 is 23.8 Å². The Morgan fingerprint density at radius 3 is 2.61 bits per heavy atom. The molecule has 1 N–H and O–H groups in total. The van der Waals surface area contributed by atoms with Crippen molar-refractivity contribution in [2.24, 2.45) is 0 Å². The van der Waals surface area contributed by atoms with Gasteiger partial charge in [-0.05, 0) is 23.8 Å². The number of morpholine rings is 1. The van der Waals surface area contributed by atoms with E-state index in [1.54, 1.807) is 0 Å². The number of halogens is 1. The maximum absolute atomic E-state index is 13.6. The van der Waals surface area contributed by atoms with E-state index in [2.05, 4.69) is 9.88 Å². The number of hydrogen-bond donors (Lipinski definition) is 1. The van der Waals surface area contributed by atoms with Gasteiger partial charge in [-0.15, -0.1) is 0 Å². The second-order valence-corrected chi connectivity index (χ2v) is 6.62. The first-order chi connectivity index (χ1) is 13.6. The van der Waals surface area contributed by atoms with E-state index in [0.29, 0.717) is 16.6 Å². The summed E-state index contributed by atoms with van der Waals surface area (Å²) in [5.74, 6) is -0.422. The largest absolute Gasteiger partial charge is 0.511 e. The van der Waals surface area contributed by atoms with Crippen molar-refractivity contribution in [3.8, 4) is 17.0 Å². The maximum atomic E-state index is 13.6. The van der Waals surface area contributed by atoms with Gasteiger partial charge in [-0.25, -0.2) is 14.2 Å². The Morgan fingerprint density at radius 1 is 1.14 bits per heavy atom. The second-order valence-electron chi connectivity index (χ2n) is 6.62. The van der Waals surface area contributed by atoms with Gasteiger partial charge in [-0.2, -0.15) is 0 Å². The molecule has 3 aromatic rings. The summed E-state index contributed by atoms with van der Waals surface area (Å²) in [6.07, 6.45) is -1.46. The number of rotatable bonds is 4. The first-order valence-electron chi connectivity index (χ1n) is 8.99. The molecule has 1 aliphatic rings. The van der Waals surface area contributed by atoms with Crippen molar-refractivity contribution in [1.29, 1.82) is 0 Å². The quantitative estimate of drug-likeness (QED) is 0.690. The fourth-order valence-corrected chi connectivity index (χ4v) is 3.29. The van der Waals surface area contributed by atoms with Gasteiger partial charge in [0, 0.05) is 36.7 Å². The first-order valence-corrected chi connectivity index (χ1v) is 8.99. The molecule has 4 rings (SSSR count). The number of fused-ring (bicyclic) bond motifs is 1. The number of ether oxygens (including phenoxy) is 2. The summed E-state index contributed by atoms with van der Waals surface area (Å²) in [5.41, 5.74) is 3.03. The first kappa shape index (κ1) is 18.3. The number of hydrogen-bond acceptors (Lipinski definition) is 5. The van der Waals surface area contributed by atoms with E-state index in [0.717, 1.165) is 38.4 Å². The topological polar surface area (TPSA) is 71.9 Å². The molecule has 0 atom stereocenters. The fraction of sp³-hybridized carbons (Fsp3) is 0.238. The molecule has 1 aliphatic heterocycles. The highest BCUT2D eigenvalue weighted by Crippen LogP contribution is 2.31. The van der Waals surface area contributed by atoms with Crippen LogP contribution in [0, 0.1) is 5.82 Å². The number of aromatic nitrogens is 1. The van der Waals surface area contributed by atoms with Crippen molar-refractivity contribution in [3.05, 3.63) is 59.9 Å². The van der Waals surface area contributed by atoms with Crippen LogP contribution in [0.15, 0.2) is 48.5 Å². The number of carboxylic acid groups (broad SMARTS) is 1. The molecule has 28 heavy (non-hydrogen) atoms. The Labute approximate surface area is 161 Å². The number of carbonyl (C=O) groups is 1. The lowest BCUT2D eigenvalue weighted by Gasteiger charge is -2.26. The van der Waals surface area contributed by atoms with E-state index in [9.17, 15) is 9.18 Å². The van der Waals surface area contributed by atoms with Crippen molar-refractivity contribution in [2.75, 3.05) is 26.3 Å². The smallest absolute Gasteiger partial charge is 0.449 e. The van der Waals surface area contributed by atoms with Gasteiger partial charge in [0.25, 0.3) is 0 Å². The van der Waals surface area contributed by atoms with Crippen LogP contribution in [0.25, 0.3) is 22.2 Å². The molecule has 0 spiro atoms. The molecular formula is C21H19FN2O4. The third-order valence-electron chi connectivity index (χ3n) is 4.69. The lowest BCUT2D eigenvalue weighted by Crippen LogP contribution is -2.35. The molecule has 2 aromatic carbocycles. The van der Waals surface area contributed by atoms with E-state index >= 15 is 0 Å². The van der Waals surface area contributed by atoms with Crippen LogP contribution in [0.3, 0.4) is 0 Å². The fourth-order valence-electron chi connectivity index (χ4n) is 3.29. The van der Waals surface area contributed by atoms with Gasteiger partial charge < -0.3 is 14.6 Å². The molecule has 0 bridgehead atoms. The summed E-state index contributed by atoms with van der Waals surface area (Å²) in [5, 5.41) is 9.31. The molecule has 2 heterocycles. The molecule has 1 aromatic heterocycles. The predicted octanol–water partition coefficient (Wildman–Crippen LogP) is 3.93. The van der Waals surface area contributed by atoms with E-state index in [1.807, 2.05) is 24.3 Å². The van der Waals surface area contributed by atoms with E-state index in [-0.39, 0.29) is 5.75 Å². The highest BCUT2D eigenvalue weighted by atomic mass is 19.1. The third-order valence-corrected chi connectivity index (χ3v) is 4.69. The molecule has 0 radical (unpaired) electrons. The van der Waals surface area contributed by atoms with Gasteiger partial charge in [0.15, 0.2) is 0 Å².